The maximum Gasteiger partial charge on any atom is 0.511 e. The van der Waals surface area contributed by atoms with Gasteiger partial charge in [0.1, 0.15) is 0 Å². The molecule has 1 aliphatic carbocycles. The summed E-state index contributed by atoms with van der Waals surface area (Å²) in [4.78, 5) is 0. The zero-order chi connectivity index (χ0) is 19.4. The maximum absolute atomic E-state index is 12.0. The van der Waals surface area contributed by atoms with Crippen LogP contribution in [0.25, 0.3) is 0 Å². The number of halogens is 3. The van der Waals surface area contributed by atoms with Crippen LogP contribution in [0.1, 0.15) is 47.9 Å². The van der Waals surface area contributed by atoms with E-state index in [4.69, 9.17) is 5.73 Å². The quantitative estimate of drug-likeness (QED) is 0.634. The molecule has 0 saturated heterocycles. The molecule has 0 spiro atoms. The van der Waals surface area contributed by atoms with Gasteiger partial charge in [-0.15, -0.1) is 0 Å². The molecule has 2 atom stereocenters. The predicted molar refractivity (Wildman–Crippen MR) is 93.7 cm³/mol. The molecule has 0 aromatic heterocycles. The molecule has 152 valence electrons. The van der Waals surface area contributed by atoms with E-state index in [1.54, 1.807) is 4.72 Å². The molecule has 0 bridgehead atoms. The van der Waals surface area contributed by atoms with Crippen molar-refractivity contribution < 1.29 is 41.1 Å². The fraction of sp³-hybridized carbons (Fsp3) is 0.647. The summed E-state index contributed by atoms with van der Waals surface area (Å²) >= 11 is 0. The molecule has 26 heavy (non-hydrogen) atoms. The van der Waals surface area contributed by atoms with Crippen molar-refractivity contribution >= 4 is 10.0 Å². The molecule has 1 aliphatic rings. The van der Waals surface area contributed by atoms with E-state index >= 15 is 0 Å². The summed E-state index contributed by atoms with van der Waals surface area (Å²) in [5.41, 5.74) is 5.86. The molecule has 1 saturated carbocycles. The first-order chi connectivity index (χ1) is 11.3. The Kier molecular flexibility index (Phi) is 9.96. The Balaban J connectivity index is 0.000000497. The van der Waals surface area contributed by atoms with Crippen molar-refractivity contribution in [3.05, 3.63) is 34.4 Å². The van der Waals surface area contributed by atoms with Crippen molar-refractivity contribution in [3.63, 3.8) is 0 Å². The molecule has 1 fully saturated rings. The van der Waals surface area contributed by atoms with Crippen molar-refractivity contribution in [2.24, 2.45) is 5.73 Å². The minimum Gasteiger partial charge on any atom is -0.326 e. The molecule has 0 radical (unpaired) electrons. The number of nitrogens with one attached hydrogen (secondary N) is 1. The zero-order valence-electron chi connectivity index (χ0n) is 15.4. The normalized spacial score (nSPS) is 20.6. The fourth-order valence-electron chi connectivity index (χ4n) is 2.82. The predicted octanol–water partition coefficient (Wildman–Crippen LogP) is 3.61. The van der Waals surface area contributed by atoms with E-state index in [0.29, 0.717) is 19.3 Å². The third-order valence-corrected chi connectivity index (χ3v) is 5.72. The second-order valence-electron chi connectivity index (χ2n) is 6.65. The van der Waals surface area contributed by atoms with Crippen LogP contribution in [-0.2, 0) is 29.5 Å². The van der Waals surface area contributed by atoms with E-state index in [-0.39, 0.29) is 19.5 Å². The standard InChI is InChI=1S/C10H14.C7H13F3N2O2S.Ru/c1-7-5-8(2)10(4)9(3)6-7;8-7(9,10)15(13,14)12-6-4-2-1-3-5(6)11;/h5-6H,1-4H3;5-6,12H,1-4,11H2;/t;5-,6-;/m.0./s1. The van der Waals surface area contributed by atoms with Crippen molar-refractivity contribution in [3.8, 4) is 0 Å². The van der Waals surface area contributed by atoms with Crippen LogP contribution in [0.15, 0.2) is 12.1 Å². The van der Waals surface area contributed by atoms with Crippen LogP contribution in [0.5, 0.6) is 0 Å². The monoisotopic (exact) mass is 482 g/mol. The number of rotatable bonds is 2. The zero-order valence-corrected chi connectivity index (χ0v) is 18.0. The molecule has 0 heterocycles. The van der Waals surface area contributed by atoms with E-state index < -0.39 is 27.6 Å². The van der Waals surface area contributed by atoms with Crippen LogP contribution in [-0.4, -0.2) is 26.0 Å². The summed E-state index contributed by atoms with van der Waals surface area (Å²) in [7, 11) is -5.26. The minimum absolute atomic E-state index is 0. The number of hydrogen-bond donors (Lipinski definition) is 2. The first-order valence-electron chi connectivity index (χ1n) is 8.24. The first-order valence-corrected chi connectivity index (χ1v) is 9.72. The van der Waals surface area contributed by atoms with E-state index in [1.807, 2.05) is 0 Å². The third kappa shape index (κ3) is 7.26. The number of hydrogen-bond acceptors (Lipinski definition) is 3. The van der Waals surface area contributed by atoms with Crippen molar-refractivity contribution in [2.45, 2.75) is 71.0 Å². The summed E-state index contributed by atoms with van der Waals surface area (Å²) < 4.78 is 59.2. The molecule has 9 heteroatoms. The third-order valence-electron chi connectivity index (χ3n) is 4.50. The van der Waals surface area contributed by atoms with Gasteiger partial charge in [0.15, 0.2) is 0 Å². The SMILES string of the molecule is Cc1cc(C)c(C)c(C)c1.N[C@H]1CCCC[C@@H]1NS(=O)(=O)C(F)(F)F.[Ru]. The van der Waals surface area contributed by atoms with Gasteiger partial charge in [0.25, 0.3) is 0 Å². The van der Waals surface area contributed by atoms with Crippen LogP contribution in [0.3, 0.4) is 0 Å². The Morgan fingerprint density at radius 1 is 1.04 bits per heavy atom. The second kappa shape index (κ2) is 10.2. The van der Waals surface area contributed by atoms with Gasteiger partial charge in [-0.25, -0.2) is 13.1 Å². The first kappa shape index (κ1) is 25.5. The average Bonchev–Trinajstić information content (AvgIpc) is 2.46. The van der Waals surface area contributed by atoms with Crippen LogP contribution in [0.4, 0.5) is 13.2 Å². The Bertz CT molecular complexity index is 671. The smallest absolute Gasteiger partial charge is 0.326 e. The van der Waals surface area contributed by atoms with Crippen LogP contribution in [0.2, 0.25) is 0 Å². The minimum atomic E-state index is -5.26. The maximum atomic E-state index is 12.0. The van der Waals surface area contributed by atoms with Gasteiger partial charge in [0, 0.05) is 31.6 Å². The molecule has 0 unspecified atom stereocenters. The molecule has 0 aliphatic heterocycles. The molecular weight excluding hydrogens is 454 g/mol. The van der Waals surface area contributed by atoms with Gasteiger partial charge >= 0.3 is 15.5 Å². The Hall–Kier alpha value is -0.497. The summed E-state index contributed by atoms with van der Waals surface area (Å²) in [5, 5.41) is 0. The number of nitrogens with two attached hydrogens (primary N) is 1. The van der Waals surface area contributed by atoms with Crippen molar-refractivity contribution in [1.82, 2.24) is 4.72 Å². The Morgan fingerprint density at radius 3 is 1.92 bits per heavy atom. The van der Waals surface area contributed by atoms with Crippen LogP contribution >= 0.6 is 0 Å². The number of alkyl halides is 3. The molecular formula is C17H27F3N2O2RuS. The van der Waals surface area contributed by atoms with Gasteiger partial charge < -0.3 is 5.73 Å². The molecule has 0 amide bonds. The summed E-state index contributed by atoms with van der Waals surface area (Å²) in [5.74, 6) is 0. The molecule has 2 rings (SSSR count). The van der Waals surface area contributed by atoms with Gasteiger partial charge in [0.05, 0.1) is 0 Å². The topological polar surface area (TPSA) is 72.2 Å². The van der Waals surface area contributed by atoms with Gasteiger partial charge in [0.2, 0.25) is 0 Å². The number of sulfonamides is 1. The summed E-state index contributed by atoms with van der Waals surface area (Å²) in [6, 6.07) is 3.12. The van der Waals surface area contributed by atoms with Crippen molar-refractivity contribution in [2.75, 3.05) is 0 Å². The summed E-state index contributed by atoms with van der Waals surface area (Å²) in [6.07, 6.45) is 2.42. The van der Waals surface area contributed by atoms with Gasteiger partial charge in [-0.2, -0.15) is 13.2 Å². The molecule has 1 aromatic rings. The van der Waals surface area contributed by atoms with Gasteiger partial charge in [-0.05, 0) is 57.2 Å². The average molecular weight is 482 g/mol. The summed E-state index contributed by atoms with van der Waals surface area (Å²) in [6.45, 7) is 8.63. The Labute approximate surface area is 166 Å². The van der Waals surface area contributed by atoms with Crippen LogP contribution in [0, 0.1) is 27.7 Å². The number of aryl methyl sites for hydroxylation is 3. The molecule has 4 nitrogen and oxygen atoms in total. The van der Waals surface area contributed by atoms with Gasteiger partial charge in [-0.3, -0.25) is 0 Å². The Morgan fingerprint density at radius 2 is 1.50 bits per heavy atom. The largest absolute Gasteiger partial charge is 0.511 e. The van der Waals surface area contributed by atoms with E-state index in [0.717, 1.165) is 6.42 Å². The van der Waals surface area contributed by atoms with Gasteiger partial charge in [-0.1, -0.05) is 30.5 Å². The fourth-order valence-corrected chi connectivity index (χ4v) is 3.65. The van der Waals surface area contributed by atoms with E-state index in [9.17, 15) is 21.6 Å². The van der Waals surface area contributed by atoms with E-state index in [2.05, 4.69) is 39.8 Å². The van der Waals surface area contributed by atoms with E-state index in [1.165, 1.54) is 22.3 Å². The van der Waals surface area contributed by atoms with Crippen LogP contribution < -0.4 is 10.5 Å². The second-order valence-corrected chi connectivity index (χ2v) is 8.35. The number of benzene rings is 1. The van der Waals surface area contributed by atoms with Crippen molar-refractivity contribution in [1.29, 1.82) is 0 Å². The molecule has 1 aromatic carbocycles. The molecule has 3 N–H and O–H groups in total.